The molecule has 0 amide bonds. The van der Waals surface area contributed by atoms with E-state index in [0.717, 1.165) is 0 Å². The van der Waals surface area contributed by atoms with Gasteiger partial charge in [-0.05, 0) is 24.3 Å². The molecule has 0 saturated heterocycles. The van der Waals surface area contributed by atoms with Crippen LogP contribution in [0, 0.1) is 5.82 Å². The lowest BCUT2D eigenvalue weighted by Crippen LogP contribution is -2.08. The maximum absolute atomic E-state index is 13.3. The highest BCUT2D eigenvalue weighted by Crippen LogP contribution is 2.24. The number of thiazole rings is 1. The predicted octanol–water partition coefficient (Wildman–Crippen LogP) is 3.61. The Bertz CT molecular complexity index is 933. The molecule has 0 spiro atoms. The number of furan rings is 1. The van der Waals surface area contributed by atoms with Crippen LogP contribution in [-0.4, -0.2) is 24.0 Å². The van der Waals surface area contributed by atoms with Crippen LogP contribution in [0.1, 0.15) is 22.0 Å². The van der Waals surface area contributed by atoms with Crippen molar-refractivity contribution >= 4 is 23.3 Å². The minimum atomic E-state index is -0.602. The van der Waals surface area contributed by atoms with Crippen molar-refractivity contribution in [2.75, 3.05) is 7.11 Å². The van der Waals surface area contributed by atoms with E-state index in [1.807, 2.05) is 0 Å². The van der Waals surface area contributed by atoms with Gasteiger partial charge >= 0.3 is 11.9 Å². The topological polar surface area (TPSA) is 78.6 Å². The van der Waals surface area contributed by atoms with Crippen molar-refractivity contribution < 1.29 is 27.9 Å². The number of rotatable bonds is 6. The Hall–Kier alpha value is -3.00. The molecule has 0 saturated carbocycles. The molecule has 3 rings (SSSR count). The van der Waals surface area contributed by atoms with Gasteiger partial charge < -0.3 is 13.9 Å². The van der Waals surface area contributed by atoms with Crippen molar-refractivity contribution in [3.63, 3.8) is 0 Å². The van der Waals surface area contributed by atoms with E-state index in [1.165, 1.54) is 42.7 Å². The molecular formula is C18H14FNO5S. The molecule has 134 valence electrons. The number of ether oxygens (including phenoxy) is 2. The first-order chi connectivity index (χ1) is 12.5. The molecule has 0 aliphatic heterocycles. The number of aromatic nitrogens is 1. The van der Waals surface area contributed by atoms with Crippen LogP contribution in [0.4, 0.5) is 4.39 Å². The smallest absolute Gasteiger partial charge is 0.373 e. The number of nitrogens with zero attached hydrogens (tertiary/aromatic N) is 1. The molecule has 2 aromatic heterocycles. The van der Waals surface area contributed by atoms with Crippen molar-refractivity contribution in [3.8, 4) is 10.6 Å². The number of hydrogen-bond donors (Lipinski definition) is 0. The van der Waals surface area contributed by atoms with Crippen LogP contribution in [0.25, 0.3) is 10.6 Å². The van der Waals surface area contributed by atoms with Crippen LogP contribution in [0.3, 0.4) is 0 Å². The third-order valence-electron chi connectivity index (χ3n) is 3.37. The lowest BCUT2D eigenvalue weighted by atomic mass is 10.2. The molecule has 26 heavy (non-hydrogen) atoms. The van der Waals surface area contributed by atoms with Crippen LogP contribution in [-0.2, 0) is 27.3 Å². The van der Waals surface area contributed by atoms with Crippen molar-refractivity contribution in [1.29, 1.82) is 0 Å². The Kier molecular flexibility index (Phi) is 5.43. The normalized spacial score (nSPS) is 10.5. The van der Waals surface area contributed by atoms with Crippen LogP contribution in [0.5, 0.6) is 0 Å². The average molecular weight is 375 g/mol. The van der Waals surface area contributed by atoms with E-state index in [-0.39, 0.29) is 24.6 Å². The molecule has 6 nitrogen and oxygen atoms in total. The molecular weight excluding hydrogens is 361 g/mol. The maximum atomic E-state index is 13.3. The summed E-state index contributed by atoms with van der Waals surface area (Å²) in [5, 5.41) is 2.35. The number of carbonyl (C=O) groups is 2. The molecule has 0 aliphatic rings. The molecule has 0 atom stereocenters. The summed E-state index contributed by atoms with van der Waals surface area (Å²) in [5.41, 5.74) is 1.19. The quantitative estimate of drug-likeness (QED) is 0.613. The summed E-state index contributed by atoms with van der Waals surface area (Å²) in [6, 6.07) is 9.07. The second kappa shape index (κ2) is 7.92. The second-order valence-electron chi connectivity index (χ2n) is 5.25. The highest BCUT2D eigenvalue weighted by molar-refractivity contribution is 7.13. The van der Waals surface area contributed by atoms with Gasteiger partial charge in [0.1, 0.15) is 23.2 Å². The van der Waals surface area contributed by atoms with Gasteiger partial charge in [0, 0.05) is 10.9 Å². The van der Waals surface area contributed by atoms with Gasteiger partial charge in [0.15, 0.2) is 0 Å². The summed E-state index contributed by atoms with van der Waals surface area (Å²) < 4.78 is 28.1. The number of carbonyl (C=O) groups excluding carboxylic acids is 2. The summed E-state index contributed by atoms with van der Waals surface area (Å²) >= 11 is 1.32. The Labute approximate surface area is 152 Å². The molecule has 8 heteroatoms. The van der Waals surface area contributed by atoms with Crippen molar-refractivity contribution in [1.82, 2.24) is 4.98 Å². The summed E-state index contributed by atoms with van der Waals surface area (Å²) in [7, 11) is 1.25. The van der Waals surface area contributed by atoms with Crippen LogP contribution in [0.15, 0.2) is 46.2 Å². The molecule has 1 aromatic carbocycles. The van der Waals surface area contributed by atoms with Gasteiger partial charge in [-0.15, -0.1) is 11.3 Å². The summed E-state index contributed by atoms with van der Waals surface area (Å²) in [4.78, 5) is 27.5. The third-order valence-corrected chi connectivity index (χ3v) is 4.31. The zero-order valence-electron chi connectivity index (χ0n) is 13.7. The first-order valence-corrected chi connectivity index (χ1v) is 8.46. The van der Waals surface area contributed by atoms with Gasteiger partial charge in [0.05, 0.1) is 19.2 Å². The first-order valence-electron chi connectivity index (χ1n) is 7.58. The average Bonchev–Trinajstić information content (AvgIpc) is 3.29. The van der Waals surface area contributed by atoms with E-state index in [2.05, 4.69) is 9.72 Å². The van der Waals surface area contributed by atoms with Crippen LogP contribution >= 0.6 is 11.3 Å². The van der Waals surface area contributed by atoms with Gasteiger partial charge in [0.2, 0.25) is 5.76 Å². The van der Waals surface area contributed by atoms with E-state index in [4.69, 9.17) is 9.15 Å². The number of methoxy groups -OCH3 is 1. The molecule has 3 aromatic rings. The SMILES string of the molecule is COC(=O)c1ccc(COC(=O)Cc2csc(-c3cccc(F)c3)n2)o1. The Morgan fingerprint density at radius 1 is 1.27 bits per heavy atom. The van der Waals surface area contributed by atoms with Crippen LogP contribution in [0.2, 0.25) is 0 Å². The van der Waals surface area contributed by atoms with Gasteiger partial charge in [0.25, 0.3) is 0 Å². The van der Waals surface area contributed by atoms with E-state index in [1.54, 1.807) is 17.5 Å². The first kappa shape index (κ1) is 17.8. The van der Waals surface area contributed by atoms with Gasteiger partial charge in [-0.3, -0.25) is 4.79 Å². The summed E-state index contributed by atoms with van der Waals surface area (Å²) in [6.07, 6.45) is -0.0175. The number of halogens is 1. The van der Waals surface area contributed by atoms with Gasteiger partial charge in [-0.2, -0.15) is 0 Å². The zero-order valence-corrected chi connectivity index (χ0v) is 14.5. The number of hydrogen-bond acceptors (Lipinski definition) is 7. The highest BCUT2D eigenvalue weighted by atomic mass is 32.1. The minimum Gasteiger partial charge on any atom is -0.463 e. The van der Waals surface area contributed by atoms with E-state index >= 15 is 0 Å². The Balaban J connectivity index is 1.55. The Morgan fingerprint density at radius 3 is 2.88 bits per heavy atom. The fraction of sp³-hybridized carbons (Fsp3) is 0.167. The molecule has 2 heterocycles. The van der Waals surface area contributed by atoms with E-state index in [0.29, 0.717) is 22.0 Å². The summed E-state index contributed by atoms with van der Waals surface area (Å²) in [5.74, 6) is -1.06. The van der Waals surface area contributed by atoms with Gasteiger partial charge in [-0.25, -0.2) is 14.2 Å². The van der Waals surface area contributed by atoms with Crippen molar-refractivity contribution in [3.05, 3.63) is 64.8 Å². The lowest BCUT2D eigenvalue weighted by Gasteiger charge is -2.01. The Morgan fingerprint density at radius 2 is 2.12 bits per heavy atom. The molecule has 0 aliphatic carbocycles. The molecule has 0 radical (unpaired) electrons. The van der Waals surface area contributed by atoms with E-state index in [9.17, 15) is 14.0 Å². The van der Waals surface area contributed by atoms with Crippen molar-refractivity contribution in [2.45, 2.75) is 13.0 Å². The zero-order chi connectivity index (χ0) is 18.5. The fourth-order valence-corrected chi connectivity index (χ4v) is 2.98. The van der Waals surface area contributed by atoms with Gasteiger partial charge in [-0.1, -0.05) is 12.1 Å². The predicted molar refractivity (Wildman–Crippen MR) is 91.1 cm³/mol. The lowest BCUT2D eigenvalue weighted by molar-refractivity contribution is -0.144. The minimum absolute atomic E-state index is 0.0175. The van der Waals surface area contributed by atoms with Crippen molar-refractivity contribution in [2.24, 2.45) is 0 Å². The van der Waals surface area contributed by atoms with Crippen LogP contribution < -0.4 is 0 Å². The highest BCUT2D eigenvalue weighted by Gasteiger charge is 2.14. The van der Waals surface area contributed by atoms with E-state index < -0.39 is 11.9 Å². The monoisotopic (exact) mass is 375 g/mol. The molecule has 0 bridgehead atoms. The number of benzene rings is 1. The molecule has 0 N–H and O–H groups in total. The standard InChI is InChI=1S/C18H14FNO5S/c1-23-18(22)15-6-5-14(25-15)9-24-16(21)8-13-10-26-17(20-13)11-3-2-4-12(19)7-11/h2-7,10H,8-9H2,1H3. The maximum Gasteiger partial charge on any atom is 0.373 e. The molecule has 0 unspecified atom stereocenters. The largest absolute Gasteiger partial charge is 0.463 e. The second-order valence-corrected chi connectivity index (χ2v) is 6.11. The third kappa shape index (κ3) is 4.34. The summed E-state index contributed by atoms with van der Waals surface area (Å²) in [6.45, 7) is -0.100. The molecule has 0 fully saturated rings. The fourth-order valence-electron chi connectivity index (χ4n) is 2.16. The number of esters is 2.